The molecule has 7 nitrogen and oxygen atoms in total. The smallest absolute Gasteiger partial charge is 0.263 e. The first-order valence-electron chi connectivity index (χ1n) is 10.00. The zero-order valence-electron chi connectivity index (χ0n) is 16.9. The molecule has 0 N–H and O–H groups in total. The Kier molecular flexibility index (Phi) is 4.58. The highest BCUT2D eigenvalue weighted by Crippen LogP contribution is 2.36. The maximum Gasteiger partial charge on any atom is 0.263 e. The molecule has 1 amide bonds. The minimum atomic E-state index is -0.620. The standard InChI is InChI=1S/C23H23N3O4/c1-15(30-18-7-8-21-22(9-18)29-14-28-21)23(27)26-12-16-5-3-4-6-19(16)20(13-26)17-10-24-25(2)11-17/h3-11,15,20H,12-14H2,1-2H3/t15-,20+/m1/s1. The van der Waals surface area contributed by atoms with Gasteiger partial charge in [-0.2, -0.15) is 5.10 Å². The van der Waals surface area contributed by atoms with Crippen molar-refractivity contribution in [3.05, 3.63) is 71.5 Å². The van der Waals surface area contributed by atoms with Crippen LogP contribution >= 0.6 is 0 Å². The summed E-state index contributed by atoms with van der Waals surface area (Å²) in [4.78, 5) is 15.1. The van der Waals surface area contributed by atoms with Gasteiger partial charge in [-0.15, -0.1) is 0 Å². The van der Waals surface area contributed by atoms with Gasteiger partial charge in [0.25, 0.3) is 5.91 Å². The van der Waals surface area contributed by atoms with Crippen LogP contribution in [0.2, 0.25) is 0 Å². The summed E-state index contributed by atoms with van der Waals surface area (Å²) in [6.45, 7) is 3.15. The molecule has 5 rings (SSSR count). The van der Waals surface area contributed by atoms with E-state index in [1.165, 1.54) is 5.56 Å². The van der Waals surface area contributed by atoms with Crippen molar-refractivity contribution in [2.45, 2.75) is 25.5 Å². The zero-order chi connectivity index (χ0) is 20.7. The van der Waals surface area contributed by atoms with E-state index in [1.54, 1.807) is 29.8 Å². The van der Waals surface area contributed by atoms with Gasteiger partial charge in [-0.05, 0) is 35.7 Å². The van der Waals surface area contributed by atoms with E-state index in [1.807, 2.05) is 36.5 Å². The highest BCUT2D eigenvalue weighted by molar-refractivity contribution is 5.81. The Bertz CT molecular complexity index is 1090. The Morgan fingerprint density at radius 2 is 2.03 bits per heavy atom. The normalized spacial score (nSPS) is 18.1. The van der Waals surface area contributed by atoms with Gasteiger partial charge in [-0.1, -0.05) is 24.3 Å². The second kappa shape index (κ2) is 7.40. The first kappa shape index (κ1) is 18.5. The molecule has 1 aromatic heterocycles. The van der Waals surface area contributed by atoms with Crippen LogP contribution < -0.4 is 14.2 Å². The third-order valence-electron chi connectivity index (χ3n) is 5.64. The van der Waals surface area contributed by atoms with Crippen molar-refractivity contribution >= 4 is 5.91 Å². The van der Waals surface area contributed by atoms with E-state index in [0.717, 1.165) is 11.1 Å². The van der Waals surface area contributed by atoms with Crippen molar-refractivity contribution in [3.8, 4) is 17.2 Å². The molecule has 2 aliphatic heterocycles. The predicted octanol–water partition coefficient (Wildman–Crippen LogP) is 3.09. The van der Waals surface area contributed by atoms with E-state index in [9.17, 15) is 4.79 Å². The quantitative estimate of drug-likeness (QED) is 0.667. The molecule has 30 heavy (non-hydrogen) atoms. The molecule has 0 unspecified atom stereocenters. The molecule has 2 atom stereocenters. The van der Waals surface area contributed by atoms with Crippen LogP contribution in [0.3, 0.4) is 0 Å². The van der Waals surface area contributed by atoms with Gasteiger partial charge in [0, 0.05) is 38.3 Å². The molecule has 0 radical (unpaired) electrons. The molecule has 0 saturated carbocycles. The van der Waals surface area contributed by atoms with Crippen LogP contribution in [0, 0.1) is 0 Å². The summed E-state index contributed by atoms with van der Waals surface area (Å²) in [5, 5.41) is 4.32. The average Bonchev–Trinajstić information content (AvgIpc) is 3.40. The van der Waals surface area contributed by atoms with Gasteiger partial charge in [0.05, 0.1) is 6.20 Å². The van der Waals surface area contributed by atoms with Crippen LogP contribution in [0.5, 0.6) is 17.2 Å². The van der Waals surface area contributed by atoms with Crippen LogP contribution in [0.1, 0.15) is 29.5 Å². The molecule has 2 aliphatic rings. The number of carbonyl (C=O) groups excluding carboxylic acids is 1. The van der Waals surface area contributed by atoms with Crippen LogP contribution in [0.25, 0.3) is 0 Å². The van der Waals surface area contributed by atoms with Gasteiger partial charge in [-0.3, -0.25) is 9.48 Å². The number of nitrogens with zero attached hydrogens (tertiary/aromatic N) is 3. The molecule has 7 heteroatoms. The maximum atomic E-state index is 13.3. The highest BCUT2D eigenvalue weighted by Gasteiger charge is 2.32. The molecule has 0 fully saturated rings. The van der Waals surface area contributed by atoms with E-state index >= 15 is 0 Å². The van der Waals surface area contributed by atoms with E-state index in [2.05, 4.69) is 17.2 Å². The van der Waals surface area contributed by atoms with Crippen molar-refractivity contribution in [1.82, 2.24) is 14.7 Å². The number of aromatic nitrogens is 2. The van der Waals surface area contributed by atoms with Crippen molar-refractivity contribution < 1.29 is 19.0 Å². The summed E-state index contributed by atoms with van der Waals surface area (Å²) in [7, 11) is 1.91. The monoisotopic (exact) mass is 405 g/mol. The largest absolute Gasteiger partial charge is 0.481 e. The van der Waals surface area contributed by atoms with Crippen molar-refractivity contribution in [1.29, 1.82) is 0 Å². The van der Waals surface area contributed by atoms with Crippen LogP contribution in [0.15, 0.2) is 54.9 Å². The van der Waals surface area contributed by atoms with Crippen LogP contribution in [-0.2, 0) is 18.4 Å². The molecule has 154 valence electrons. The van der Waals surface area contributed by atoms with Crippen LogP contribution in [-0.4, -0.2) is 40.0 Å². The van der Waals surface area contributed by atoms with Crippen molar-refractivity contribution in [2.24, 2.45) is 7.05 Å². The Morgan fingerprint density at radius 3 is 2.87 bits per heavy atom. The van der Waals surface area contributed by atoms with E-state index in [-0.39, 0.29) is 18.6 Å². The Hall–Kier alpha value is -3.48. The second-order valence-electron chi connectivity index (χ2n) is 7.69. The third-order valence-corrected chi connectivity index (χ3v) is 5.64. The first-order valence-corrected chi connectivity index (χ1v) is 10.00. The van der Waals surface area contributed by atoms with Gasteiger partial charge in [0.15, 0.2) is 17.6 Å². The number of hydrogen-bond acceptors (Lipinski definition) is 5. The number of amides is 1. The van der Waals surface area contributed by atoms with Crippen molar-refractivity contribution in [3.63, 3.8) is 0 Å². The topological polar surface area (TPSA) is 65.8 Å². The Labute approximate surface area is 174 Å². The molecule has 0 spiro atoms. The summed E-state index contributed by atoms with van der Waals surface area (Å²) >= 11 is 0. The first-order chi connectivity index (χ1) is 14.6. The van der Waals surface area contributed by atoms with E-state index in [0.29, 0.717) is 30.3 Å². The number of benzene rings is 2. The zero-order valence-corrected chi connectivity index (χ0v) is 16.9. The van der Waals surface area contributed by atoms with Gasteiger partial charge in [-0.25, -0.2) is 0 Å². The summed E-state index contributed by atoms with van der Waals surface area (Å²) in [5.74, 6) is 1.95. The lowest BCUT2D eigenvalue weighted by atomic mass is 9.86. The number of fused-ring (bicyclic) bond motifs is 2. The van der Waals surface area contributed by atoms with E-state index in [4.69, 9.17) is 14.2 Å². The fourth-order valence-electron chi connectivity index (χ4n) is 4.14. The minimum Gasteiger partial charge on any atom is -0.481 e. The molecular weight excluding hydrogens is 382 g/mol. The highest BCUT2D eigenvalue weighted by atomic mass is 16.7. The van der Waals surface area contributed by atoms with Gasteiger partial charge >= 0.3 is 0 Å². The third kappa shape index (κ3) is 3.36. The number of hydrogen-bond donors (Lipinski definition) is 0. The van der Waals surface area contributed by atoms with Crippen LogP contribution in [0.4, 0.5) is 0 Å². The van der Waals surface area contributed by atoms with E-state index < -0.39 is 6.10 Å². The van der Waals surface area contributed by atoms with Crippen molar-refractivity contribution in [2.75, 3.05) is 13.3 Å². The Morgan fingerprint density at radius 1 is 1.20 bits per heavy atom. The lowest BCUT2D eigenvalue weighted by Gasteiger charge is -2.35. The summed E-state index contributed by atoms with van der Waals surface area (Å²) in [6, 6.07) is 13.6. The lowest BCUT2D eigenvalue weighted by molar-refractivity contribution is -0.139. The van der Waals surface area contributed by atoms with Gasteiger partial charge < -0.3 is 19.1 Å². The average molecular weight is 405 g/mol. The fraction of sp³-hybridized carbons (Fsp3) is 0.304. The molecular formula is C23H23N3O4. The number of aryl methyl sites for hydroxylation is 1. The number of rotatable bonds is 4. The SMILES string of the molecule is C[C@@H](Oc1ccc2c(c1)OCO2)C(=O)N1Cc2ccccc2[C@H](c2cnn(C)c2)C1. The lowest BCUT2D eigenvalue weighted by Crippen LogP contribution is -2.44. The summed E-state index contributed by atoms with van der Waals surface area (Å²) in [6.07, 6.45) is 3.27. The molecule has 0 bridgehead atoms. The predicted molar refractivity (Wildman–Crippen MR) is 110 cm³/mol. The van der Waals surface area contributed by atoms with Gasteiger partial charge in [0.1, 0.15) is 5.75 Å². The second-order valence-corrected chi connectivity index (χ2v) is 7.69. The molecule has 3 heterocycles. The molecule has 0 aliphatic carbocycles. The summed E-state index contributed by atoms with van der Waals surface area (Å²) in [5.41, 5.74) is 3.51. The maximum absolute atomic E-state index is 13.3. The molecule has 3 aromatic rings. The number of ether oxygens (including phenoxy) is 3. The molecule has 0 saturated heterocycles. The number of carbonyl (C=O) groups is 1. The summed E-state index contributed by atoms with van der Waals surface area (Å²) < 4.78 is 18.5. The molecule has 2 aromatic carbocycles. The fourth-order valence-corrected chi connectivity index (χ4v) is 4.14. The Balaban J connectivity index is 1.36. The minimum absolute atomic E-state index is 0.0453. The van der Waals surface area contributed by atoms with Gasteiger partial charge in [0.2, 0.25) is 6.79 Å².